The topological polar surface area (TPSA) is 46.2 Å². The molecule has 0 radical (unpaired) electrons. The highest BCUT2D eigenvalue weighted by molar-refractivity contribution is 6.30. The molecule has 0 saturated carbocycles. The van der Waals surface area contributed by atoms with Crippen LogP contribution in [-0.4, -0.2) is 18.7 Å². The Kier molecular flexibility index (Phi) is 4.73. The third-order valence-electron chi connectivity index (χ3n) is 1.94. The van der Waals surface area contributed by atoms with E-state index in [1.54, 1.807) is 30.4 Å². The molecule has 1 aromatic carbocycles. The lowest BCUT2D eigenvalue weighted by Gasteiger charge is -2.00. The smallest absolute Gasteiger partial charge is 0.217 e. The highest BCUT2D eigenvalue weighted by atomic mass is 35.5. The molecule has 0 aliphatic heterocycles. The Hall–Kier alpha value is -1.61. The van der Waals surface area contributed by atoms with Crippen molar-refractivity contribution in [3.05, 3.63) is 40.4 Å². The van der Waals surface area contributed by atoms with Gasteiger partial charge in [0.15, 0.2) is 6.29 Å². The summed E-state index contributed by atoms with van der Waals surface area (Å²) < 4.78 is 0. The molecule has 1 rings (SSSR count). The van der Waals surface area contributed by atoms with Crippen molar-refractivity contribution in [3.8, 4) is 0 Å². The van der Waals surface area contributed by atoms with Crippen LogP contribution in [0.5, 0.6) is 0 Å². The molecule has 0 aliphatic rings. The number of benzene rings is 1. The van der Waals surface area contributed by atoms with Gasteiger partial charge in [0.2, 0.25) is 5.91 Å². The number of rotatable bonds is 4. The lowest BCUT2D eigenvalue weighted by atomic mass is 10.1. The Bertz CT molecular complexity index is 427. The van der Waals surface area contributed by atoms with E-state index in [0.29, 0.717) is 17.1 Å². The fourth-order valence-electron chi connectivity index (χ4n) is 1.19. The molecule has 84 valence electrons. The monoisotopic (exact) mass is 237 g/mol. The van der Waals surface area contributed by atoms with Crippen LogP contribution >= 0.6 is 11.6 Å². The Morgan fingerprint density at radius 3 is 2.81 bits per heavy atom. The standard InChI is InChI=1S/C12H12ClNO2/c1-9(16)14-6-2-3-10-7-12(13)5-4-11(10)8-15/h2-5,7-8H,6H2,1H3,(H,14,16). The summed E-state index contributed by atoms with van der Waals surface area (Å²) in [5, 5.41) is 3.19. The molecule has 16 heavy (non-hydrogen) atoms. The second-order valence-electron chi connectivity index (χ2n) is 3.23. The predicted octanol–water partition coefficient (Wildman–Crippen LogP) is 2.30. The average molecular weight is 238 g/mol. The van der Waals surface area contributed by atoms with Gasteiger partial charge in [0.1, 0.15) is 0 Å². The summed E-state index contributed by atoms with van der Waals surface area (Å²) >= 11 is 5.82. The summed E-state index contributed by atoms with van der Waals surface area (Å²) in [5.41, 5.74) is 1.32. The number of hydrogen-bond donors (Lipinski definition) is 1. The summed E-state index contributed by atoms with van der Waals surface area (Å²) in [5.74, 6) is -0.0913. The van der Waals surface area contributed by atoms with Crippen molar-refractivity contribution in [1.82, 2.24) is 5.32 Å². The minimum absolute atomic E-state index is 0.0913. The van der Waals surface area contributed by atoms with E-state index in [2.05, 4.69) is 5.32 Å². The van der Waals surface area contributed by atoms with Crippen molar-refractivity contribution in [2.24, 2.45) is 0 Å². The summed E-state index contributed by atoms with van der Waals surface area (Å²) in [6, 6.07) is 5.03. The molecule has 0 fully saturated rings. The third kappa shape index (κ3) is 3.87. The maximum absolute atomic E-state index is 10.7. The van der Waals surface area contributed by atoms with Crippen LogP contribution in [0.15, 0.2) is 24.3 Å². The lowest BCUT2D eigenvalue weighted by molar-refractivity contribution is -0.118. The molecule has 0 saturated heterocycles. The van der Waals surface area contributed by atoms with Crippen LogP contribution in [0.2, 0.25) is 5.02 Å². The number of aldehydes is 1. The molecule has 0 spiro atoms. The summed E-state index contributed by atoms with van der Waals surface area (Å²) in [6.45, 7) is 1.88. The quantitative estimate of drug-likeness (QED) is 0.817. The molecule has 4 heteroatoms. The minimum atomic E-state index is -0.0913. The Morgan fingerprint density at radius 2 is 2.19 bits per heavy atom. The van der Waals surface area contributed by atoms with E-state index in [1.165, 1.54) is 6.92 Å². The van der Waals surface area contributed by atoms with Crippen molar-refractivity contribution < 1.29 is 9.59 Å². The number of halogens is 1. The molecule has 0 atom stereocenters. The molecule has 0 aliphatic carbocycles. The van der Waals surface area contributed by atoms with Gasteiger partial charge in [0.25, 0.3) is 0 Å². The molecule has 1 amide bonds. The van der Waals surface area contributed by atoms with E-state index >= 15 is 0 Å². The largest absolute Gasteiger partial charge is 0.353 e. The van der Waals surface area contributed by atoms with Gasteiger partial charge in [-0.25, -0.2) is 0 Å². The summed E-state index contributed by atoms with van der Waals surface area (Å²) in [4.78, 5) is 21.3. The Balaban J connectivity index is 2.75. The van der Waals surface area contributed by atoms with E-state index in [9.17, 15) is 9.59 Å². The number of nitrogens with one attached hydrogen (secondary N) is 1. The van der Waals surface area contributed by atoms with Gasteiger partial charge in [-0.15, -0.1) is 0 Å². The molecule has 3 nitrogen and oxygen atoms in total. The first-order valence-corrected chi connectivity index (χ1v) is 5.17. The summed E-state index contributed by atoms with van der Waals surface area (Å²) in [6.07, 6.45) is 4.29. The van der Waals surface area contributed by atoms with E-state index in [0.717, 1.165) is 11.8 Å². The molecular weight excluding hydrogens is 226 g/mol. The van der Waals surface area contributed by atoms with Gasteiger partial charge >= 0.3 is 0 Å². The second kappa shape index (κ2) is 6.08. The molecule has 0 heterocycles. The SMILES string of the molecule is CC(=O)NCC=Cc1cc(Cl)ccc1C=O. The van der Waals surface area contributed by atoms with Crippen LogP contribution in [0.25, 0.3) is 6.08 Å². The highest BCUT2D eigenvalue weighted by Crippen LogP contribution is 2.15. The average Bonchev–Trinajstić information content (AvgIpc) is 2.24. The van der Waals surface area contributed by atoms with E-state index in [4.69, 9.17) is 11.6 Å². The zero-order valence-corrected chi connectivity index (χ0v) is 9.62. The zero-order valence-electron chi connectivity index (χ0n) is 8.87. The number of carbonyl (C=O) groups is 2. The van der Waals surface area contributed by atoms with E-state index in [-0.39, 0.29) is 5.91 Å². The van der Waals surface area contributed by atoms with Gasteiger partial charge in [0, 0.05) is 24.1 Å². The van der Waals surface area contributed by atoms with Crippen molar-refractivity contribution >= 4 is 29.9 Å². The summed E-state index contributed by atoms with van der Waals surface area (Å²) in [7, 11) is 0. The van der Waals surface area contributed by atoms with E-state index < -0.39 is 0 Å². The van der Waals surface area contributed by atoms with Gasteiger partial charge in [-0.3, -0.25) is 9.59 Å². The van der Waals surface area contributed by atoms with Crippen LogP contribution in [0.4, 0.5) is 0 Å². The third-order valence-corrected chi connectivity index (χ3v) is 2.18. The lowest BCUT2D eigenvalue weighted by Crippen LogP contribution is -2.19. The van der Waals surface area contributed by atoms with Gasteiger partial charge in [0.05, 0.1) is 0 Å². The van der Waals surface area contributed by atoms with Crippen molar-refractivity contribution in [2.75, 3.05) is 6.54 Å². The van der Waals surface area contributed by atoms with Crippen molar-refractivity contribution in [2.45, 2.75) is 6.92 Å². The molecule has 0 unspecified atom stereocenters. The van der Waals surface area contributed by atoms with E-state index in [1.807, 2.05) is 0 Å². The normalized spacial score (nSPS) is 10.4. The second-order valence-corrected chi connectivity index (χ2v) is 3.67. The van der Waals surface area contributed by atoms with Crippen LogP contribution in [0.1, 0.15) is 22.8 Å². The number of amides is 1. The Labute approximate surface area is 99.1 Å². The van der Waals surface area contributed by atoms with Crippen LogP contribution in [0.3, 0.4) is 0 Å². The fourth-order valence-corrected chi connectivity index (χ4v) is 1.37. The van der Waals surface area contributed by atoms with Crippen molar-refractivity contribution in [3.63, 3.8) is 0 Å². The first kappa shape index (κ1) is 12.5. The zero-order chi connectivity index (χ0) is 12.0. The van der Waals surface area contributed by atoms with Crippen LogP contribution in [0, 0.1) is 0 Å². The maximum atomic E-state index is 10.7. The number of carbonyl (C=O) groups excluding carboxylic acids is 2. The first-order valence-electron chi connectivity index (χ1n) is 4.79. The molecule has 1 N–H and O–H groups in total. The van der Waals surface area contributed by atoms with Gasteiger partial charge in [-0.2, -0.15) is 0 Å². The molecular formula is C12H12ClNO2. The van der Waals surface area contributed by atoms with Crippen LogP contribution in [-0.2, 0) is 4.79 Å². The van der Waals surface area contributed by atoms with Crippen LogP contribution < -0.4 is 5.32 Å². The maximum Gasteiger partial charge on any atom is 0.217 e. The molecule has 1 aromatic rings. The first-order chi connectivity index (χ1) is 7.63. The fraction of sp³-hybridized carbons (Fsp3) is 0.167. The van der Waals surface area contributed by atoms with Gasteiger partial charge in [-0.1, -0.05) is 23.8 Å². The predicted molar refractivity (Wildman–Crippen MR) is 64.6 cm³/mol. The van der Waals surface area contributed by atoms with Gasteiger partial charge in [-0.05, 0) is 23.8 Å². The van der Waals surface area contributed by atoms with Crippen molar-refractivity contribution in [1.29, 1.82) is 0 Å². The van der Waals surface area contributed by atoms with Gasteiger partial charge < -0.3 is 5.32 Å². The minimum Gasteiger partial charge on any atom is -0.353 e. The highest BCUT2D eigenvalue weighted by Gasteiger charge is 1.98. The number of hydrogen-bond acceptors (Lipinski definition) is 2. The Morgan fingerprint density at radius 1 is 1.44 bits per heavy atom. The molecule has 0 aromatic heterocycles. The molecule has 0 bridgehead atoms.